The highest BCUT2D eigenvalue weighted by Gasteiger charge is 2.34. The summed E-state index contributed by atoms with van der Waals surface area (Å²) in [5.41, 5.74) is -0.502. The summed E-state index contributed by atoms with van der Waals surface area (Å²) in [7, 11) is 0. The van der Waals surface area contributed by atoms with Crippen LogP contribution < -0.4 is 11.0 Å². The number of anilines is 1. The van der Waals surface area contributed by atoms with E-state index < -0.39 is 24.1 Å². The molecule has 1 aromatic rings. The molecule has 1 saturated heterocycles. The lowest BCUT2D eigenvalue weighted by atomic mass is 10.2. The van der Waals surface area contributed by atoms with Crippen LogP contribution in [-0.2, 0) is 4.74 Å². The molecule has 0 radical (unpaired) electrons. The third-order valence-corrected chi connectivity index (χ3v) is 2.90. The Morgan fingerprint density at radius 3 is 3.05 bits per heavy atom. The summed E-state index contributed by atoms with van der Waals surface area (Å²) in [6, 6.07) is 1.60. The maximum absolute atomic E-state index is 11.8. The van der Waals surface area contributed by atoms with E-state index in [1.165, 1.54) is 10.8 Å². The summed E-state index contributed by atoms with van der Waals surface area (Å²) in [6.07, 6.45) is 4.78. The first kappa shape index (κ1) is 13.5. The molecule has 0 amide bonds. The molecule has 2 heterocycles. The minimum atomic E-state index is -0.791. The molecular weight excluding hydrogens is 250 g/mol. The Morgan fingerprint density at radius 2 is 2.47 bits per heavy atom. The molecule has 0 spiro atoms. The fourth-order valence-corrected chi connectivity index (χ4v) is 1.92. The predicted octanol–water partition coefficient (Wildman–Crippen LogP) is -1.07. The molecule has 3 atom stereocenters. The number of rotatable bonds is 4. The molecule has 0 bridgehead atoms. The Morgan fingerprint density at radius 1 is 1.68 bits per heavy atom. The number of ether oxygens (including phenoxy) is 1. The molecule has 1 aliphatic rings. The highest BCUT2D eigenvalue weighted by Crippen LogP contribution is 2.27. The van der Waals surface area contributed by atoms with Crippen molar-refractivity contribution in [3.63, 3.8) is 0 Å². The van der Waals surface area contributed by atoms with Crippen LogP contribution in [0.15, 0.2) is 17.1 Å². The summed E-state index contributed by atoms with van der Waals surface area (Å²) in [5, 5.41) is 21.4. The second-order valence-electron chi connectivity index (χ2n) is 4.18. The van der Waals surface area contributed by atoms with Crippen molar-refractivity contribution in [3.8, 4) is 12.3 Å². The van der Waals surface area contributed by atoms with E-state index in [4.69, 9.17) is 16.3 Å². The Hall–Kier alpha value is -1.88. The SMILES string of the molecule is C#CCNc1ccn([C@H]2C[C@H](O)[C@@H](CO)O2)c(=O)n1. The van der Waals surface area contributed by atoms with E-state index >= 15 is 0 Å². The van der Waals surface area contributed by atoms with Crippen molar-refractivity contribution in [1.29, 1.82) is 0 Å². The van der Waals surface area contributed by atoms with Crippen LogP contribution in [-0.4, -0.2) is 45.1 Å². The average molecular weight is 265 g/mol. The standard InChI is InChI=1S/C12H15N3O4/c1-2-4-13-10-3-5-15(12(18)14-10)11-6-8(17)9(7-16)19-11/h1,3,5,8-9,11,16-17H,4,6-7H2,(H,13,14,18)/t8-,9+,11+/m0/s1. The molecule has 3 N–H and O–H groups in total. The highest BCUT2D eigenvalue weighted by molar-refractivity contribution is 5.33. The van der Waals surface area contributed by atoms with Gasteiger partial charge in [-0.1, -0.05) is 5.92 Å². The maximum Gasteiger partial charge on any atom is 0.351 e. The molecule has 0 saturated carbocycles. The molecule has 1 aliphatic heterocycles. The molecular formula is C12H15N3O4. The molecule has 19 heavy (non-hydrogen) atoms. The number of nitrogens with one attached hydrogen (secondary N) is 1. The van der Waals surface area contributed by atoms with E-state index in [0.717, 1.165) is 0 Å². The van der Waals surface area contributed by atoms with Crippen LogP contribution >= 0.6 is 0 Å². The summed E-state index contributed by atoms with van der Waals surface area (Å²) in [4.78, 5) is 15.6. The maximum atomic E-state index is 11.8. The van der Waals surface area contributed by atoms with Crippen molar-refractivity contribution in [2.45, 2.75) is 24.9 Å². The number of aromatic nitrogens is 2. The van der Waals surface area contributed by atoms with Gasteiger partial charge in [-0.2, -0.15) is 4.98 Å². The van der Waals surface area contributed by atoms with Gasteiger partial charge in [-0.05, 0) is 6.07 Å². The fraction of sp³-hybridized carbons (Fsp3) is 0.500. The van der Waals surface area contributed by atoms with Gasteiger partial charge in [0, 0.05) is 12.6 Å². The third kappa shape index (κ3) is 2.93. The summed E-state index contributed by atoms with van der Waals surface area (Å²) in [5.74, 6) is 2.76. The minimum absolute atomic E-state index is 0.240. The van der Waals surface area contributed by atoms with Gasteiger partial charge in [0.15, 0.2) is 0 Å². The molecule has 2 rings (SSSR count). The zero-order valence-corrected chi connectivity index (χ0v) is 10.2. The first-order valence-corrected chi connectivity index (χ1v) is 5.86. The molecule has 0 unspecified atom stereocenters. The summed E-state index contributed by atoms with van der Waals surface area (Å²) in [6.45, 7) is -0.0106. The van der Waals surface area contributed by atoms with Crippen LogP contribution in [0.3, 0.4) is 0 Å². The second-order valence-corrected chi connectivity index (χ2v) is 4.18. The Labute approximate surface area is 109 Å². The average Bonchev–Trinajstić information content (AvgIpc) is 2.77. The number of aliphatic hydroxyl groups excluding tert-OH is 2. The normalized spacial score (nSPS) is 26.1. The lowest BCUT2D eigenvalue weighted by Crippen LogP contribution is -2.28. The van der Waals surface area contributed by atoms with E-state index in [-0.39, 0.29) is 19.6 Å². The van der Waals surface area contributed by atoms with Gasteiger partial charge in [-0.15, -0.1) is 6.42 Å². The van der Waals surface area contributed by atoms with E-state index in [9.17, 15) is 9.90 Å². The zero-order valence-electron chi connectivity index (χ0n) is 10.2. The van der Waals surface area contributed by atoms with Gasteiger partial charge in [-0.3, -0.25) is 4.57 Å². The third-order valence-electron chi connectivity index (χ3n) is 2.90. The zero-order chi connectivity index (χ0) is 13.8. The number of aliphatic hydroxyl groups is 2. The quantitative estimate of drug-likeness (QED) is 0.600. The molecule has 0 aromatic carbocycles. The van der Waals surface area contributed by atoms with Gasteiger partial charge < -0.3 is 20.3 Å². The largest absolute Gasteiger partial charge is 0.394 e. The molecule has 0 aliphatic carbocycles. The van der Waals surface area contributed by atoms with Crippen molar-refractivity contribution in [2.75, 3.05) is 18.5 Å². The Kier molecular flexibility index (Phi) is 4.16. The molecule has 7 nitrogen and oxygen atoms in total. The summed E-state index contributed by atoms with van der Waals surface area (Å²) < 4.78 is 6.66. The van der Waals surface area contributed by atoms with E-state index in [0.29, 0.717) is 5.82 Å². The predicted molar refractivity (Wildman–Crippen MR) is 67.4 cm³/mol. The van der Waals surface area contributed by atoms with Crippen LogP contribution in [0.4, 0.5) is 5.82 Å². The van der Waals surface area contributed by atoms with E-state index in [1.54, 1.807) is 6.07 Å². The molecule has 7 heteroatoms. The number of hydrogen-bond acceptors (Lipinski definition) is 6. The van der Waals surface area contributed by atoms with Crippen LogP contribution in [0.25, 0.3) is 0 Å². The van der Waals surface area contributed by atoms with Crippen LogP contribution in [0, 0.1) is 12.3 Å². The molecule has 102 valence electrons. The lowest BCUT2D eigenvalue weighted by molar-refractivity contribution is -0.0458. The van der Waals surface area contributed by atoms with Gasteiger partial charge in [0.05, 0.1) is 19.3 Å². The highest BCUT2D eigenvalue weighted by atomic mass is 16.5. The fourth-order valence-electron chi connectivity index (χ4n) is 1.92. The van der Waals surface area contributed by atoms with E-state index in [1.807, 2.05) is 0 Å². The Balaban J connectivity index is 2.14. The van der Waals surface area contributed by atoms with E-state index in [2.05, 4.69) is 16.2 Å². The summed E-state index contributed by atoms with van der Waals surface area (Å²) >= 11 is 0. The first-order valence-electron chi connectivity index (χ1n) is 5.86. The van der Waals surface area contributed by atoms with Gasteiger partial charge in [0.1, 0.15) is 18.1 Å². The monoisotopic (exact) mass is 265 g/mol. The van der Waals surface area contributed by atoms with Crippen molar-refractivity contribution in [3.05, 3.63) is 22.7 Å². The van der Waals surface area contributed by atoms with Crippen molar-refractivity contribution in [2.24, 2.45) is 0 Å². The van der Waals surface area contributed by atoms with Crippen molar-refractivity contribution < 1.29 is 14.9 Å². The van der Waals surface area contributed by atoms with Crippen molar-refractivity contribution in [1.82, 2.24) is 9.55 Å². The van der Waals surface area contributed by atoms with Gasteiger partial charge in [-0.25, -0.2) is 4.79 Å². The first-order chi connectivity index (χ1) is 9.15. The van der Waals surface area contributed by atoms with Crippen LogP contribution in [0.1, 0.15) is 12.6 Å². The Bertz CT molecular complexity index is 537. The van der Waals surface area contributed by atoms with Crippen LogP contribution in [0.2, 0.25) is 0 Å². The van der Waals surface area contributed by atoms with Gasteiger partial charge in [0.25, 0.3) is 0 Å². The van der Waals surface area contributed by atoms with Crippen LogP contribution in [0.5, 0.6) is 0 Å². The number of terminal acetylenes is 1. The topological polar surface area (TPSA) is 96.6 Å². The number of nitrogens with zero attached hydrogens (tertiary/aromatic N) is 2. The molecule has 1 fully saturated rings. The van der Waals surface area contributed by atoms with Crippen molar-refractivity contribution >= 4 is 5.82 Å². The van der Waals surface area contributed by atoms with Gasteiger partial charge in [0.2, 0.25) is 0 Å². The second kappa shape index (κ2) is 5.84. The number of hydrogen-bond donors (Lipinski definition) is 3. The smallest absolute Gasteiger partial charge is 0.351 e. The molecule has 1 aromatic heterocycles. The lowest BCUT2D eigenvalue weighted by Gasteiger charge is -2.14. The van der Waals surface area contributed by atoms with Gasteiger partial charge >= 0.3 is 5.69 Å². The minimum Gasteiger partial charge on any atom is -0.394 e.